The van der Waals surface area contributed by atoms with Gasteiger partial charge in [-0.2, -0.15) is 0 Å². The number of amides is 1. The van der Waals surface area contributed by atoms with Crippen LogP contribution in [0.15, 0.2) is 34.1 Å². The Labute approximate surface area is 136 Å². The van der Waals surface area contributed by atoms with Crippen LogP contribution in [0.2, 0.25) is 0 Å². The Morgan fingerprint density at radius 3 is 2.26 bits per heavy atom. The van der Waals surface area contributed by atoms with Crippen LogP contribution in [0.3, 0.4) is 0 Å². The average molecular weight is 306 g/mol. The van der Waals surface area contributed by atoms with Crippen molar-refractivity contribution in [3.63, 3.8) is 0 Å². The predicted molar refractivity (Wildman–Crippen MR) is 65.8 cm³/mol. The smallest absolute Gasteiger partial charge is 0.744 e. The first kappa shape index (κ1) is 16.4. The van der Waals surface area contributed by atoms with Gasteiger partial charge in [0.1, 0.15) is 10.1 Å². The fourth-order valence-corrected chi connectivity index (χ4v) is 2.50. The molecule has 9 heteroatoms. The number of rotatable bonds is 2. The minimum Gasteiger partial charge on any atom is -0.744 e. The molecule has 0 unspecified atom stereocenters. The minimum atomic E-state index is -4.46. The maximum Gasteiger partial charge on any atom is 1.00 e. The number of carbonyl (C=O) groups excluding carboxylic acids is 1. The van der Waals surface area contributed by atoms with Crippen molar-refractivity contribution in [3.8, 4) is 0 Å². The van der Waals surface area contributed by atoms with E-state index in [1.54, 1.807) is 0 Å². The number of nitrogens with one attached hydrogen (secondary N) is 2. The maximum absolute atomic E-state index is 11.3. The van der Waals surface area contributed by atoms with E-state index in [0.717, 1.165) is 11.8 Å². The van der Waals surface area contributed by atoms with Crippen LogP contribution in [0.5, 0.6) is 0 Å². The van der Waals surface area contributed by atoms with Gasteiger partial charge in [0.15, 0.2) is 5.17 Å². The Kier molecular flexibility index (Phi) is 5.36. The summed E-state index contributed by atoms with van der Waals surface area (Å²) >= 11 is 0.982. The van der Waals surface area contributed by atoms with Gasteiger partial charge in [0.05, 0.1) is 9.80 Å². The van der Waals surface area contributed by atoms with Crippen molar-refractivity contribution in [3.05, 3.63) is 34.7 Å². The number of hydrogen-bond donors (Lipinski definition) is 2. The van der Waals surface area contributed by atoms with E-state index in [4.69, 9.17) is 5.41 Å². The van der Waals surface area contributed by atoms with Crippen molar-refractivity contribution in [2.75, 3.05) is 0 Å². The van der Waals surface area contributed by atoms with Crippen molar-refractivity contribution in [1.82, 2.24) is 5.32 Å². The Bertz CT molecular complexity index is 653. The predicted octanol–water partition coefficient (Wildman–Crippen LogP) is -2.27. The Hall–Kier alpha value is -0.640. The van der Waals surface area contributed by atoms with E-state index < -0.39 is 10.1 Å². The normalized spacial score (nSPS) is 17.2. The fraction of sp³-hybridized carbons (Fsp3) is 0. The topological polar surface area (TPSA) is 110 Å². The summed E-state index contributed by atoms with van der Waals surface area (Å²) in [5.41, 5.74) is 0.578. The summed E-state index contributed by atoms with van der Waals surface area (Å²) < 4.78 is 32.1. The molecule has 1 saturated heterocycles. The summed E-state index contributed by atoms with van der Waals surface area (Å²) in [5.74, 6) is -0.370. The van der Waals surface area contributed by atoms with Crippen LogP contribution in [0.4, 0.5) is 0 Å². The second kappa shape index (κ2) is 6.21. The molecule has 2 rings (SSSR count). The molecule has 0 aromatic heterocycles. The van der Waals surface area contributed by atoms with Gasteiger partial charge in [0.25, 0.3) is 5.91 Å². The number of carbonyl (C=O) groups is 1. The van der Waals surface area contributed by atoms with E-state index in [1.807, 2.05) is 0 Å². The standard InChI is InChI=1S/C10H8N2O4S2.Na/c11-10-12-9(13)8(17-10)5-6-1-3-7(4-2-6)18(14,15)16;/h1-5H,(H2,11,12,13)(H,14,15,16);/q;+1/p-1. The molecule has 1 aliphatic heterocycles. The molecule has 1 aromatic carbocycles. The van der Waals surface area contributed by atoms with E-state index in [1.165, 1.54) is 30.3 Å². The molecule has 0 spiro atoms. The summed E-state index contributed by atoms with van der Waals surface area (Å²) in [4.78, 5) is 11.4. The van der Waals surface area contributed by atoms with Gasteiger partial charge < -0.3 is 9.87 Å². The van der Waals surface area contributed by atoms with Gasteiger partial charge in [0.2, 0.25) is 0 Å². The third-order valence-electron chi connectivity index (χ3n) is 2.13. The largest absolute Gasteiger partial charge is 1.00 e. The Balaban J connectivity index is 0.00000180. The quantitative estimate of drug-likeness (QED) is 0.364. The third kappa shape index (κ3) is 4.16. The third-order valence-corrected chi connectivity index (χ3v) is 3.81. The molecule has 1 fully saturated rings. The van der Waals surface area contributed by atoms with Gasteiger partial charge in [-0.1, -0.05) is 12.1 Å². The van der Waals surface area contributed by atoms with E-state index in [9.17, 15) is 17.8 Å². The van der Waals surface area contributed by atoms with Gasteiger partial charge in [-0.05, 0) is 35.5 Å². The molecule has 0 aliphatic carbocycles. The monoisotopic (exact) mass is 306 g/mol. The molecule has 0 radical (unpaired) electrons. The molecular weight excluding hydrogens is 299 g/mol. The first-order chi connectivity index (χ1) is 8.36. The maximum atomic E-state index is 11.3. The molecule has 1 amide bonds. The molecule has 1 heterocycles. The molecule has 1 aromatic rings. The Morgan fingerprint density at radius 1 is 1.26 bits per heavy atom. The van der Waals surface area contributed by atoms with Crippen LogP contribution in [-0.4, -0.2) is 24.0 Å². The van der Waals surface area contributed by atoms with Crippen molar-refractivity contribution in [2.45, 2.75) is 4.90 Å². The molecule has 6 nitrogen and oxygen atoms in total. The Morgan fingerprint density at radius 2 is 1.84 bits per heavy atom. The summed E-state index contributed by atoms with van der Waals surface area (Å²) in [7, 11) is -4.46. The van der Waals surface area contributed by atoms with Crippen LogP contribution in [0, 0.1) is 5.41 Å². The molecule has 0 bridgehead atoms. The van der Waals surface area contributed by atoms with Gasteiger partial charge in [-0.3, -0.25) is 10.2 Å². The van der Waals surface area contributed by atoms with Crippen LogP contribution in [0.1, 0.15) is 5.56 Å². The van der Waals surface area contributed by atoms with E-state index >= 15 is 0 Å². The van der Waals surface area contributed by atoms with Crippen LogP contribution in [0.25, 0.3) is 6.08 Å². The van der Waals surface area contributed by atoms with E-state index in [0.29, 0.717) is 10.5 Å². The summed E-state index contributed by atoms with van der Waals surface area (Å²) in [5, 5.41) is 9.62. The summed E-state index contributed by atoms with van der Waals surface area (Å²) in [6, 6.07) is 5.20. The molecule has 0 atom stereocenters. The van der Waals surface area contributed by atoms with Crippen molar-refractivity contribution in [2.24, 2.45) is 0 Å². The first-order valence-electron chi connectivity index (χ1n) is 4.72. The molecule has 94 valence electrons. The zero-order valence-corrected chi connectivity index (χ0v) is 13.5. The number of amidine groups is 1. The van der Waals surface area contributed by atoms with Crippen molar-refractivity contribution < 1.29 is 47.3 Å². The minimum absolute atomic E-state index is 0. The van der Waals surface area contributed by atoms with Crippen LogP contribution >= 0.6 is 11.8 Å². The SMILES string of the molecule is N=C1NC(=O)C(=Cc2ccc(S(=O)(=O)[O-])cc2)S1.[Na+]. The summed E-state index contributed by atoms with van der Waals surface area (Å²) in [6.45, 7) is 0. The zero-order valence-electron chi connectivity index (χ0n) is 9.84. The van der Waals surface area contributed by atoms with Crippen molar-refractivity contribution in [1.29, 1.82) is 5.41 Å². The van der Waals surface area contributed by atoms with Crippen molar-refractivity contribution >= 4 is 39.0 Å². The van der Waals surface area contributed by atoms with Gasteiger partial charge in [-0.25, -0.2) is 8.42 Å². The van der Waals surface area contributed by atoms with Gasteiger partial charge in [-0.15, -0.1) is 0 Å². The molecule has 2 N–H and O–H groups in total. The number of thioether (sulfide) groups is 1. The number of benzene rings is 1. The number of hydrogen-bond acceptors (Lipinski definition) is 6. The fourth-order valence-electron chi connectivity index (χ4n) is 1.32. The van der Waals surface area contributed by atoms with E-state index in [2.05, 4.69) is 5.32 Å². The second-order valence-electron chi connectivity index (χ2n) is 3.42. The van der Waals surface area contributed by atoms with Crippen LogP contribution in [-0.2, 0) is 14.9 Å². The van der Waals surface area contributed by atoms with E-state index in [-0.39, 0.29) is 45.5 Å². The first-order valence-corrected chi connectivity index (χ1v) is 6.94. The average Bonchev–Trinajstić information content (AvgIpc) is 2.57. The molecule has 1 aliphatic rings. The second-order valence-corrected chi connectivity index (χ2v) is 5.85. The van der Waals surface area contributed by atoms with Gasteiger partial charge >= 0.3 is 29.6 Å². The molecule has 19 heavy (non-hydrogen) atoms. The summed E-state index contributed by atoms with van der Waals surface area (Å²) in [6.07, 6.45) is 1.52. The molecule has 0 saturated carbocycles. The zero-order chi connectivity index (χ0) is 13.3. The van der Waals surface area contributed by atoms with Gasteiger partial charge in [0, 0.05) is 0 Å². The molecular formula is C10H7N2NaO4S2. The van der Waals surface area contributed by atoms with Crippen LogP contribution < -0.4 is 34.9 Å².